The molecule has 1 saturated heterocycles. The highest BCUT2D eigenvalue weighted by Crippen LogP contribution is 2.25. The van der Waals surface area contributed by atoms with Gasteiger partial charge in [0.15, 0.2) is 5.58 Å². The van der Waals surface area contributed by atoms with Crippen molar-refractivity contribution >= 4 is 23.0 Å². The molecule has 0 bridgehead atoms. The first-order valence-corrected chi connectivity index (χ1v) is 9.18. The van der Waals surface area contributed by atoms with Crippen molar-refractivity contribution in [3.05, 3.63) is 24.1 Å². The third kappa shape index (κ3) is 3.57. The lowest BCUT2D eigenvalue weighted by molar-refractivity contribution is -0.149. The number of likely N-dealkylation sites (tertiary alicyclic amines) is 1. The zero-order valence-corrected chi connectivity index (χ0v) is 15.0. The number of hydrogen-bond acceptors (Lipinski definition) is 4. The molecular weight excluding hydrogens is 320 g/mol. The highest BCUT2D eigenvalue weighted by Gasteiger charge is 2.31. The molecule has 6 nitrogen and oxygen atoms in total. The van der Waals surface area contributed by atoms with E-state index in [1.54, 1.807) is 18.1 Å². The van der Waals surface area contributed by atoms with Crippen LogP contribution in [0.2, 0.25) is 0 Å². The van der Waals surface area contributed by atoms with Crippen LogP contribution in [-0.4, -0.2) is 41.0 Å². The maximum absolute atomic E-state index is 13.1. The van der Waals surface area contributed by atoms with E-state index in [4.69, 9.17) is 9.15 Å². The normalized spacial score (nSPS) is 17.8. The summed E-state index contributed by atoms with van der Waals surface area (Å²) in [6.07, 6.45) is 5.31. The summed E-state index contributed by atoms with van der Waals surface area (Å²) in [6, 6.07) is 3.72. The summed E-state index contributed by atoms with van der Waals surface area (Å²) in [5.41, 5.74) is 2.33. The Balaban J connectivity index is 1.81. The average molecular weight is 346 g/mol. The van der Waals surface area contributed by atoms with E-state index in [1.165, 1.54) is 0 Å². The fourth-order valence-corrected chi connectivity index (χ4v) is 3.49. The van der Waals surface area contributed by atoms with Crippen molar-refractivity contribution < 1.29 is 18.7 Å². The molecule has 0 aliphatic carbocycles. The second kappa shape index (κ2) is 7.76. The van der Waals surface area contributed by atoms with Crippen molar-refractivity contribution in [3.63, 3.8) is 0 Å². The number of unbranched alkanes of at least 4 members (excludes halogenated alkanes) is 1. The lowest BCUT2D eigenvalue weighted by atomic mass is 9.98. The Morgan fingerprint density at radius 1 is 1.36 bits per heavy atom. The van der Waals surface area contributed by atoms with Crippen molar-refractivity contribution in [2.45, 2.75) is 46.1 Å². The Bertz CT molecular complexity index is 746. The number of ether oxygens (including phenoxy) is 1. The number of fused-ring (bicyclic) bond motifs is 1. The summed E-state index contributed by atoms with van der Waals surface area (Å²) in [5.74, 6) is -0.452. The average Bonchev–Trinajstić information content (AvgIpc) is 3.21. The van der Waals surface area contributed by atoms with Crippen LogP contribution in [0.4, 0.5) is 0 Å². The van der Waals surface area contributed by atoms with Gasteiger partial charge < -0.3 is 18.6 Å². The van der Waals surface area contributed by atoms with Gasteiger partial charge in [0.1, 0.15) is 5.69 Å². The summed E-state index contributed by atoms with van der Waals surface area (Å²) in [6.45, 7) is 6.20. The Morgan fingerprint density at radius 3 is 2.96 bits per heavy atom. The fourth-order valence-electron chi connectivity index (χ4n) is 3.49. The van der Waals surface area contributed by atoms with E-state index in [2.05, 4.69) is 6.92 Å². The molecule has 2 aromatic heterocycles. The van der Waals surface area contributed by atoms with Gasteiger partial charge >= 0.3 is 5.97 Å². The zero-order chi connectivity index (χ0) is 17.8. The first-order valence-electron chi connectivity index (χ1n) is 9.18. The Morgan fingerprint density at radius 2 is 2.20 bits per heavy atom. The molecule has 2 aromatic rings. The molecule has 6 heteroatoms. The quantitative estimate of drug-likeness (QED) is 0.752. The fraction of sp³-hybridized carbons (Fsp3) is 0.579. The molecule has 0 saturated carbocycles. The van der Waals surface area contributed by atoms with Gasteiger partial charge in [-0.3, -0.25) is 9.59 Å². The summed E-state index contributed by atoms with van der Waals surface area (Å²) in [7, 11) is 0. The van der Waals surface area contributed by atoms with Crippen LogP contribution in [0.15, 0.2) is 22.8 Å². The lowest BCUT2D eigenvalue weighted by Crippen LogP contribution is -2.43. The van der Waals surface area contributed by atoms with Crippen molar-refractivity contribution in [1.82, 2.24) is 9.47 Å². The zero-order valence-electron chi connectivity index (χ0n) is 15.0. The maximum atomic E-state index is 13.1. The topological polar surface area (TPSA) is 64.7 Å². The Labute approximate surface area is 147 Å². The van der Waals surface area contributed by atoms with Crippen LogP contribution in [0.3, 0.4) is 0 Å². The van der Waals surface area contributed by atoms with Crippen LogP contribution in [0.1, 0.15) is 50.0 Å². The number of rotatable bonds is 6. The van der Waals surface area contributed by atoms with E-state index in [-0.39, 0.29) is 17.8 Å². The molecule has 1 amide bonds. The van der Waals surface area contributed by atoms with Gasteiger partial charge in [-0.05, 0) is 26.2 Å². The van der Waals surface area contributed by atoms with Gasteiger partial charge in [0.25, 0.3) is 5.91 Å². The van der Waals surface area contributed by atoms with Crippen LogP contribution in [0.25, 0.3) is 11.1 Å². The van der Waals surface area contributed by atoms with E-state index < -0.39 is 0 Å². The molecule has 0 spiro atoms. The second-order valence-corrected chi connectivity index (χ2v) is 6.55. The van der Waals surface area contributed by atoms with Crippen LogP contribution in [0, 0.1) is 5.92 Å². The lowest BCUT2D eigenvalue weighted by Gasteiger charge is -2.31. The molecule has 3 rings (SSSR count). The molecule has 25 heavy (non-hydrogen) atoms. The number of aromatic nitrogens is 1. The third-order valence-corrected chi connectivity index (χ3v) is 4.81. The predicted molar refractivity (Wildman–Crippen MR) is 94.4 cm³/mol. The van der Waals surface area contributed by atoms with E-state index in [1.807, 2.05) is 16.7 Å². The number of hydrogen-bond donors (Lipinski definition) is 0. The molecule has 1 fully saturated rings. The van der Waals surface area contributed by atoms with Gasteiger partial charge in [0, 0.05) is 31.8 Å². The minimum atomic E-state index is -0.223. The summed E-state index contributed by atoms with van der Waals surface area (Å²) >= 11 is 0. The van der Waals surface area contributed by atoms with Crippen molar-refractivity contribution in [3.8, 4) is 0 Å². The van der Waals surface area contributed by atoms with E-state index in [9.17, 15) is 9.59 Å². The van der Waals surface area contributed by atoms with E-state index >= 15 is 0 Å². The van der Waals surface area contributed by atoms with Crippen molar-refractivity contribution in [2.24, 2.45) is 5.92 Å². The standard InChI is InChI=1S/C19H26N2O4/c1-3-5-10-21-15-8-11-25-17(15)12-16(21)18(22)20-9-6-7-14(13-20)19(23)24-4-2/h8,11-12,14H,3-7,9-10,13H2,1-2H3. The van der Waals surface area contributed by atoms with Gasteiger partial charge in [-0.1, -0.05) is 13.3 Å². The minimum absolute atomic E-state index is 0.0310. The summed E-state index contributed by atoms with van der Waals surface area (Å²) in [4.78, 5) is 26.9. The van der Waals surface area contributed by atoms with E-state index in [0.29, 0.717) is 25.4 Å². The molecule has 1 unspecified atom stereocenters. The number of carbonyl (C=O) groups is 2. The van der Waals surface area contributed by atoms with Crippen LogP contribution in [-0.2, 0) is 16.1 Å². The smallest absolute Gasteiger partial charge is 0.310 e. The maximum Gasteiger partial charge on any atom is 0.310 e. The molecule has 3 heterocycles. The summed E-state index contributed by atoms with van der Waals surface area (Å²) < 4.78 is 12.7. The predicted octanol–water partition coefficient (Wildman–Crippen LogP) is 3.45. The molecule has 1 atom stereocenters. The molecule has 0 radical (unpaired) electrons. The molecule has 0 aromatic carbocycles. The van der Waals surface area contributed by atoms with Gasteiger partial charge in [0.05, 0.1) is 24.3 Å². The number of furan rings is 1. The number of esters is 1. The van der Waals surface area contributed by atoms with Crippen LogP contribution >= 0.6 is 0 Å². The Hall–Kier alpha value is -2.24. The first-order chi connectivity index (χ1) is 12.2. The number of nitrogens with zero attached hydrogens (tertiary/aromatic N) is 2. The van der Waals surface area contributed by atoms with Gasteiger partial charge in [-0.2, -0.15) is 0 Å². The molecule has 1 aliphatic heterocycles. The van der Waals surface area contributed by atoms with Gasteiger partial charge in [-0.25, -0.2) is 0 Å². The first kappa shape index (κ1) is 17.6. The number of carbonyl (C=O) groups excluding carboxylic acids is 2. The number of amides is 1. The largest absolute Gasteiger partial charge is 0.466 e. The highest BCUT2D eigenvalue weighted by atomic mass is 16.5. The third-order valence-electron chi connectivity index (χ3n) is 4.81. The molecule has 1 aliphatic rings. The summed E-state index contributed by atoms with van der Waals surface area (Å²) in [5, 5.41) is 0. The van der Waals surface area contributed by atoms with Crippen LogP contribution < -0.4 is 0 Å². The monoisotopic (exact) mass is 346 g/mol. The van der Waals surface area contributed by atoms with Crippen LogP contribution in [0.5, 0.6) is 0 Å². The van der Waals surface area contributed by atoms with Crippen molar-refractivity contribution in [2.75, 3.05) is 19.7 Å². The molecular formula is C19H26N2O4. The molecule has 0 N–H and O–H groups in total. The SMILES string of the molecule is CCCCn1c(C(=O)N2CCCC(C(=O)OCC)C2)cc2occc21. The van der Waals surface area contributed by atoms with E-state index in [0.717, 1.165) is 43.3 Å². The van der Waals surface area contributed by atoms with Crippen molar-refractivity contribution in [1.29, 1.82) is 0 Å². The molecule has 136 valence electrons. The second-order valence-electron chi connectivity index (χ2n) is 6.55. The number of piperidine rings is 1. The number of aryl methyl sites for hydroxylation is 1. The Kier molecular flexibility index (Phi) is 5.46. The minimum Gasteiger partial charge on any atom is -0.466 e. The van der Waals surface area contributed by atoms with Gasteiger partial charge in [-0.15, -0.1) is 0 Å². The highest BCUT2D eigenvalue weighted by molar-refractivity contribution is 5.97. The van der Waals surface area contributed by atoms with Gasteiger partial charge in [0.2, 0.25) is 0 Å².